The fraction of sp³-hybridized carbons (Fsp3) is 0.500. The van der Waals surface area contributed by atoms with Gasteiger partial charge < -0.3 is 4.74 Å². The summed E-state index contributed by atoms with van der Waals surface area (Å²) >= 11 is 0. The molecule has 0 unspecified atom stereocenters. The van der Waals surface area contributed by atoms with Gasteiger partial charge in [-0.3, -0.25) is 4.79 Å². The van der Waals surface area contributed by atoms with Gasteiger partial charge in [0.05, 0.1) is 11.3 Å². The lowest BCUT2D eigenvalue weighted by atomic mass is 10.1. The lowest BCUT2D eigenvalue weighted by molar-refractivity contribution is 0.0853. The Balaban J connectivity index is 2.43. The minimum absolute atomic E-state index is 0.114. The van der Waals surface area contributed by atoms with Crippen molar-refractivity contribution in [2.24, 2.45) is 0 Å². The summed E-state index contributed by atoms with van der Waals surface area (Å²) in [5.74, 6) is -0.464. The maximum absolute atomic E-state index is 12.6. The summed E-state index contributed by atoms with van der Waals surface area (Å²) < 4.78 is 32.3. The third-order valence-electron chi connectivity index (χ3n) is 3.40. The van der Waals surface area contributed by atoms with Gasteiger partial charge in [0, 0.05) is 13.7 Å². The van der Waals surface area contributed by atoms with Gasteiger partial charge in [-0.25, -0.2) is 8.61 Å². The first-order valence-corrected chi connectivity index (χ1v) is 8.36. The molecule has 21 heavy (non-hydrogen) atoms. The highest BCUT2D eigenvalue weighted by Crippen LogP contribution is 2.32. The van der Waals surface area contributed by atoms with Crippen LogP contribution in [0.25, 0.3) is 0 Å². The van der Waals surface area contributed by atoms with Crippen LogP contribution in [-0.4, -0.2) is 39.0 Å². The molecule has 0 saturated carbocycles. The number of anilines is 1. The molecule has 2 rings (SSSR count). The van der Waals surface area contributed by atoms with E-state index in [2.05, 4.69) is 0 Å². The van der Waals surface area contributed by atoms with Crippen molar-refractivity contribution in [3.05, 3.63) is 29.8 Å². The van der Waals surface area contributed by atoms with Crippen LogP contribution in [0.2, 0.25) is 0 Å². The summed E-state index contributed by atoms with van der Waals surface area (Å²) in [6.07, 6.45) is 2.50. The van der Waals surface area contributed by atoms with Crippen LogP contribution in [-0.2, 0) is 14.9 Å². The van der Waals surface area contributed by atoms with E-state index in [0.717, 1.165) is 21.5 Å². The fourth-order valence-corrected chi connectivity index (χ4v) is 3.88. The van der Waals surface area contributed by atoms with E-state index in [-0.39, 0.29) is 13.3 Å². The number of unbranched alkanes of at least 4 members (excludes halogenated alkanes) is 2. The van der Waals surface area contributed by atoms with Crippen LogP contribution in [0.5, 0.6) is 0 Å². The molecule has 0 atom stereocenters. The summed E-state index contributed by atoms with van der Waals surface area (Å²) in [5, 5.41) is 0. The van der Waals surface area contributed by atoms with E-state index in [1.165, 1.54) is 7.11 Å². The highest BCUT2D eigenvalue weighted by molar-refractivity contribution is 7.91. The predicted octanol–water partition coefficient (Wildman–Crippen LogP) is 1.99. The van der Waals surface area contributed by atoms with Crippen LogP contribution >= 0.6 is 0 Å². The normalized spacial score (nSPS) is 17.0. The molecule has 0 saturated heterocycles. The fourth-order valence-electron chi connectivity index (χ4n) is 2.33. The Labute approximate surface area is 125 Å². The Hall–Kier alpha value is -1.60. The molecule has 1 amide bonds. The topological polar surface area (TPSA) is 66.9 Å². The largest absolute Gasteiger partial charge is 0.363 e. The van der Waals surface area contributed by atoms with E-state index in [4.69, 9.17) is 4.74 Å². The number of methoxy groups -OCH3 is 1. The zero-order valence-electron chi connectivity index (χ0n) is 12.3. The molecule has 6 nitrogen and oxygen atoms in total. The number of fused-ring (bicyclic) bond motifs is 1. The van der Waals surface area contributed by atoms with Crippen molar-refractivity contribution >= 4 is 21.8 Å². The Morgan fingerprint density at radius 1 is 1.14 bits per heavy atom. The molecule has 0 radical (unpaired) electrons. The molecule has 7 heteroatoms. The highest BCUT2D eigenvalue weighted by atomic mass is 32.2. The van der Waals surface area contributed by atoms with Gasteiger partial charge in [-0.15, -0.1) is 0 Å². The Morgan fingerprint density at radius 2 is 1.86 bits per heavy atom. The molecule has 0 spiro atoms. The molecule has 1 aromatic rings. The van der Waals surface area contributed by atoms with Gasteiger partial charge in [-0.2, -0.15) is 8.42 Å². The van der Waals surface area contributed by atoms with Gasteiger partial charge >= 0.3 is 10.2 Å². The van der Waals surface area contributed by atoms with Crippen molar-refractivity contribution < 1.29 is 17.9 Å². The van der Waals surface area contributed by atoms with Crippen molar-refractivity contribution in [2.75, 3.05) is 24.7 Å². The molecule has 0 N–H and O–H groups in total. The zero-order valence-corrected chi connectivity index (χ0v) is 13.1. The molecular weight excluding hydrogens is 292 g/mol. The van der Waals surface area contributed by atoms with Gasteiger partial charge in [-0.05, 0) is 18.6 Å². The van der Waals surface area contributed by atoms with Crippen molar-refractivity contribution in [1.82, 2.24) is 4.31 Å². The second-order valence-corrected chi connectivity index (χ2v) is 6.65. The van der Waals surface area contributed by atoms with Crippen LogP contribution in [0.15, 0.2) is 24.3 Å². The van der Waals surface area contributed by atoms with Gasteiger partial charge in [0.25, 0.3) is 5.91 Å². The third-order valence-corrected chi connectivity index (χ3v) is 5.16. The van der Waals surface area contributed by atoms with E-state index in [1.807, 2.05) is 6.92 Å². The van der Waals surface area contributed by atoms with E-state index < -0.39 is 16.1 Å². The summed E-state index contributed by atoms with van der Waals surface area (Å²) in [6, 6.07) is 6.69. The van der Waals surface area contributed by atoms with Crippen molar-refractivity contribution in [1.29, 1.82) is 0 Å². The maximum Gasteiger partial charge on any atom is 0.330 e. The number of rotatable bonds is 6. The summed E-state index contributed by atoms with van der Waals surface area (Å²) in [7, 11) is -2.45. The number of ether oxygens (including phenoxy) is 1. The van der Waals surface area contributed by atoms with Gasteiger partial charge in [-0.1, -0.05) is 31.9 Å². The average molecular weight is 312 g/mol. The van der Waals surface area contributed by atoms with Crippen molar-refractivity contribution in [3.8, 4) is 0 Å². The second kappa shape index (κ2) is 6.44. The number of nitrogens with zero attached hydrogens (tertiary/aromatic N) is 2. The van der Waals surface area contributed by atoms with Gasteiger partial charge in [0.15, 0.2) is 0 Å². The second-order valence-electron chi connectivity index (χ2n) is 4.88. The first-order chi connectivity index (χ1) is 10.0. The first kappa shape index (κ1) is 15.8. The molecule has 1 aliphatic heterocycles. The average Bonchev–Trinajstić information content (AvgIpc) is 2.47. The Bertz CT molecular complexity index is 615. The minimum atomic E-state index is -3.88. The van der Waals surface area contributed by atoms with Gasteiger partial charge in [0.1, 0.15) is 6.73 Å². The SMILES string of the molecule is CCCCCN1C(=O)c2ccccc2N(COC)S1(=O)=O. The van der Waals surface area contributed by atoms with Crippen molar-refractivity contribution in [3.63, 3.8) is 0 Å². The Kier molecular flexibility index (Phi) is 4.84. The molecule has 1 heterocycles. The molecule has 1 aliphatic rings. The number of amides is 1. The summed E-state index contributed by atoms with van der Waals surface area (Å²) in [5.41, 5.74) is 0.761. The molecule has 116 valence electrons. The number of carbonyl (C=O) groups excluding carboxylic acids is 1. The van der Waals surface area contributed by atoms with E-state index in [0.29, 0.717) is 17.7 Å². The smallest absolute Gasteiger partial charge is 0.330 e. The number of hydrogen-bond donors (Lipinski definition) is 0. The van der Waals surface area contributed by atoms with E-state index >= 15 is 0 Å². The van der Waals surface area contributed by atoms with E-state index in [1.54, 1.807) is 24.3 Å². The molecule has 1 aromatic carbocycles. The van der Waals surface area contributed by atoms with Crippen LogP contribution < -0.4 is 4.31 Å². The van der Waals surface area contributed by atoms with Gasteiger partial charge in [0.2, 0.25) is 0 Å². The monoisotopic (exact) mass is 312 g/mol. The minimum Gasteiger partial charge on any atom is -0.363 e. The highest BCUT2D eigenvalue weighted by Gasteiger charge is 2.41. The molecular formula is C14H20N2O4S. The first-order valence-electron chi connectivity index (χ1n) is 6.96. The van der Waals surface area contributed by atoms with Crippen LogP contribution in [0.3, 0.4) is 0 Å². The number of benzene rings is 1. The van der Waals surface area contributed by atoms with Crippen molar-refractivity contribution in [2.45, 2.75) is 26.2 Å². The zero-order chi connectivity index (χ0) is 15.5. The summed E-state index contributed by atoms with van der Waals surface area (Å²) in [4.78, 5) is 12.5. The number of hydrogen-bond acceptors (Lipinski definition) is 4. The van der Waals surface area contributed by atoms with Crippen LogP contribution in [0, 0.1) is 0 Å². The van der Waals surface area contributed by atoms with E-state index in [9.17, 15) is 13.2 Å². The lowest BCUT2D eigenvalue weighted by Gasteiger charge is -2.36. The predicted molar refractivity (Wildman–Crippen MR) is 80.3 cm³/mol. The van der Waals surface area contributed by atoms with Crippen LogP contribution in [0.4, 0.5) is 5.69 Å². The maximum atomic E-state index is 12.6. The molecule has 0 aromatic heterocycles. The standard InChI is InChI=1S/C14H20N2O4S/c1-3-4-7-10-15-14(17)12-8-5-6-9-13(12)16(11-20-2)21(15,18)19/h5-6,8-9H,3-4,7,10-11H2,1-2H3. The molecule has 0 bridgehead atoms. The third kappa shape index (κ3) is 2.89. The molecule has 0 fully saturated rings. The quantitative estimate of drug-likeness (QED) is 0.753. The summed E-state index contributed by atoms with van der Waals surface area (Å²) in [6.45, 7) is 2.11. The number of para-hydroxylation sites is 1. The number of carbonyl (C=O) groups is 1. The molecule has 0 aliphatic carbocycles. The Morgan fingerprint density at radius 3 is 2.52 bits per heavy atom. The lowest BCUT2D eigenvalue weighted by Crippen LogP contribution is -2.52. The van der Waals surface area contributed by atoms with Crippen LogP contribution in [0.1, 0.15) is 36.5 Å².